The van der Waals surface area contributed by atoms with Crippen molar-refractivity contribution in [3.63, 3.8) is 0 Å². The van der Waals surface area contributed by atoms with E-state index in [2.05, 4.69) is 123 Å². The molecule has 0 amide bonds. The van der Waals surface area contributed by atoms with Crippen molar-refractivity contribution >= 4 is 20.7 Å². The first-order valence-electron chi connectivity index (χ1n) is 13.1. The number of rotatable bonds is 4. The van der Waals surface area contributed by atoms with Gasteiger partial charge in [0.1, 0.15) is 0 Å². The quantitative estimate of drug-likeness (QED) is 0.233. The fourth-order valence-corrected chi connectivity index (χ4v) is 10.1. The van der Waals surface area contributed by atoms with Crippen LogP contribution in [0.25, 0.3) is 34.4 Å². The zero-order valence-electron chi connectivity index (χ0n) is 22.4. The van der Waals surface area contributed by atoms with Gasteiger partial charge in [-0.1, -0.05) is 0 Å². The van der Waals surface area contributed by atoms with Gasteiger partial charge in [0.05, 0.1) is 0 Å². The molecule has 0 saturated carbocycles. The third kappa shape index (κ3) is 5.84. The molecule has 4 aromatic rings. The summed E-state index contributed by atoms with van der Waals surface area (Å²) in [4.78, 5) is 16.4. The van der Waals surface area contributed by atoms with Gasteiger partial charge in [-0.05, 0) is 13.1 Å². The number of allylic oxidation sites excluding steroid dienone is 2. The molecule has 2 nitrogen and oxygen atoms in total. The molecule has 190 valence electrons. The molecule has 0 aromatic heterocycles. The molecular formula is C34H34O2SiZr. The largest absolute Gasteiger partial charge is 0.411 e. The Bertz CT molecular complexity index is 1390. The van der Waals surface area contributed by atoms with Gasteiger partial charge in [0, 0.05) is 0 Å². The molecule has 2 atom stereocenters. The van der Waals surface area contributed by atoms with Crippen LogP contribution in [0.1, 0.15) is 43.4 Å². The third-order valence-electron chi connectivity index (χ3n) is 7.06. The number of fused-ring (bicyclic) bond motifs is 2. The molecule has 38 heavy (non-hydrogen) atoms. The summed E-state index contributed by atoms with van der Waals surface area (Å²) >= 11 is -0.835. The Morgan fingerprint density at radius 2 is 0.921 bits per heavy atom. The molecule has 0 bridgehead atoms. The van der Waals surface area contributed by atoms with Crippen LogP contribution in [0.4, 0.5) is 0 Å². The Labute approximate surface area is 239 Å². The van der Waals surface area contributed by atoms with Gasteiger partial charge in [-0.3, -0.25) is 0 Å². The summed E-state index contributed by atoms with van der Waals surface area (Å²) in [5.41, 5.74) is 14.5. The molecule has 0 heterocycles. The van der Waals surface area contributed by atoms with Crippen LogP contribution in [0.3, 0.4) is 0 Å². The second-order valence-corrected chi connectivity index (χ2v) is 17.3. The maximum Gasteiger partial charge on any atom is 0.326 e. The Kier molecular flexibility index (Phi) is 7.98. The molecule has 6 rings (SSSR count). The van der Waals surface area contributed by atoms with Gasteiger partial charge < -0.3 is 9.59 Å². The van der Waals surface area contributed by atoms with Gasteiger partial charge >= 0.3 is 218 Å². The topological polar surface area (TPSA) is 40.5 Å². The second-order valence-electron chi connectivity index (χ2n) is 10.7. The summed E-state index contributed by atoms with van der Waals surface area (Å²) in [6.07, 6.45) is 4.94. The first kappa shape index (κ1) is 27.0. The van der Waals surface area contributed by atoms with E-state index in [9.17, 15) is 0 Å². The average Bonchev–Trinajstić information content (AvgIpc) is 3.39. The SMILES string of the molecule is CC1=Cc2c(-c3ccccc3)cccc2[CH]1[Zr][CH]1C(C)=Cc2c(-c3ccccc3)cccc21.C[Si](C)(O)O. The monoisotopic (exact) mass is 592 g/mol. The minimum atomic E-state index is -2.61. The van der Waals surface area contributed by atoms with Crippen LogP contribution < -0.4 is 0 Å². The van der Waals surface area contributed by atoms with Crippen molar-refractivity contribution in [2.45, 2.75) is 34.2 Å². The zero-order chi connectivity index (χ0) is 26.9. The predicted octanol–water partition coefficient (Wildman–Crippen LogP) is 8.39. The maximum atomic E-state index is 8.22. The number of benzene rings is 4. The minimum Gasteiger partial charge on any atom is -0.411 e. The van der Waals surface area contributed by atoms with Crippen LogP contribution in [0.5, 0.6) is 0 Å². The summed E-state index contributed by atoms with van der Waals surface area (Å²) in [7, 11) is -2.61. The molecule has 0 fully saturated rings. The van der Waals surface area contributed by atoms with Crippen molar-refractivity contribution in [3.05, 3.63) is 130 Å². The van der Waals surface area contributed by atoms with E-state index < -0.39 is 31.8 Å². The molecule has 2 aliphatic rings. The number of hydrogen-bond acceptors (Lipinski definition) is 2. The molecule has 4 aromatic carbocycles. The summed E-state index contributed by atoms with van der Waals surface area (Å²) < 4.78 is 1.26. The van der Waals surface area contributed by atoms with E-state index in [4.69, 9.17) is 9.59 Å². The van der Waals surface area contributed by atoms with E-state index in [0.717, 1.165) is 0 Å². The van der Waals surface area contributed by atoms with Crippen LogP contribution >= 0.6 is 0 Å². The van der Waals surface area contributed by atoms with Crippen LogP contribution in [0.15, 0.2) is 108 Å². The van der Waals surface area contributed by atoms with Crippen LogP contribution in [-0.2, 0) is 23.2 Å². The van der Waals surface area contributed by atoms with Crippen molar-refractivity contribution in [3.8, 4) is 22.3 Å². The van der Waals surface area contributed by atoms with E-state index >= 15 is 0 Å². The van der Waals surface area contributed by atoms with E-state index in [1.807, 2.05) is 0 Å². The van der Waals surface area contributed by atoms with Gasteiger partial charge in [0.15, 0.2) is 0 Å². The molecule has 0 spiro atoms. The Hall–Kier alpha value is -2.62. The van der Waals surface area contributed by atoms with Crippen molar-refractivity contribution in [2.24, 2.45) is 0 Å². The smallest absolute Gasteiger partial charge is 0.326 e. The summed E-state index contributed by atoms with van der Waals surface area (Å²) in [5.74, 6) is 0. The van der Waals surface area contributed by atoms with E-state index in [1.54, 1.807) is 22.3 Å². The molecular weight excluding hydrogens is 560 g/mol. The van der Waals surface area contributed by atoms with Gasteiger partial charge in [-0.2, -0.15) is 0 Å². The first-order valence-corrected chi connectivity index (χ1v) is 18.9. The second kappa shape index (κ2) is 11.2. The number of hydrogen-bond donors (Lipinski definition) is 2. The molecule has 0 saturated heterocycles. The van der Waals surface area contributed by atoms with E-state index in [-0.39, 0.29) is 0 Å². The normalized spacial score (nSPS) is 17.5. The van der Waals surface area contributed by atoms with Gasteiger partial charge in [0.25, 0.3) is 0 Å². The van der Waals surface area contributed by atoms with E-state index in [1.165, 1.54) is 46.5 Å². The van der Waals surface area contributed by atoms with Crippen LogP contribution in [0, 0.1) is 0 Å². The zero-order valence-corrected chi connectivity index (χ0v) is 25.9. The van der Waals surface area contributed by atoms with Crippen LogP contribution in [0.2, 0.25) is 13.1 Å². The average molecular weight is 594 g/mol. The van der Waals surface area contributed by atoms with Gasteiger partial charge in [-0.15, -0.1) is 0 Å². The standard InChI is InChI=1S/2C16H13.C2H8O2Si.Zr/c2*1-12-10-14-8-5-9-15(16(14)11-12)13-6-3-2-4-7-13;1-5(2,3)4;/h2*2-11H,1H3;3-4H,1-2H3;. The molecule has 2 N–H and O–H groups in total. The minimum absolute atomic E-state index is 0.631. The van der Waals surface area contributed by atoms with Gasteiger partial charge in [-0.25, -0.2) is 0 Å². The Balaban J connectivity index is 0.000000540. The molecule has 0 aliphatic heterocycles. The fourth-order valence-electron chi connectivity index (χ4n) is 5.45. The van der Waals surface area contributed by atoms with Crippen molar-refractivity contribution in [1.29, 1.82) is 0 Å². The molecule has 2 aliphatic carbocycles. The van der Waals surface area contributed by atoms with Crippen molar-refractivity contribution in [1.82, 2.24) is 0 Å². The fraction of sp³-hybridized carbons (Fsp3) is 0.176. The molecule has 4 heteroatoms. The maximum absolute atomic E-state index is 8.22. The molecule has 2 unspecified atom stereocenters. The predicted molar refractivity (Wildman–Crippen MR) is 158 cm³/mol. The molecule has 0 radical (unpaired) electrons. The Morgan fingerprint density at radius 3 is 1.29 bits per heavy atom. The third-order valence-corrected chi connectivity index (χ3v) is 12.5. The summed E-state index contributed by atoms with van der Waals surface area (Å²) in [6, 6.07) is 35.6. The Morgan fingerprint density at radius 1 is 0.553 bits per heavy atom. The first-order chi connectivity index (χ1) is 18.2. The van der Waals surface area contributed by atoms with Crippen LogP contribution in [-0.4, -0.2) is 18.2 Å². The van der Waals surface area contributed by atoms with Gasteiger partial charge in [0.2, 0.25) is 0 Å². The van der Waals surface area contributed by atoms with Crippen molar-refractivity contribution < 1.29 is 32.8 Å². The van der Waals surface area contributed by atoms with E-state index in [0.29, 0.717) is 7.25 Å². The summed E-state index contributed by atoms with van der Waals surface area (Å²) in [6.45, 7) is 7.59. The van der Waals surface area contributed by atoms with Crippen molar-refractivity contribution in [2.75, 3.05) is 0 Å². The summed E-state index contributed by atoms with van der Waals surface area (Å²) in [5, 5.41) is 0.